The molecule has 1 atom stereocenters. The number of ether oxygens (including phenoxy) is 1. The summed E-state index contributed by atoms with van der Waals surface area (Å²) in [6.45, 7) is 5.15. The maximum atomic E-state index is 5.36. The van der Waals surface area contributed by atoms with Crippen LogP contribution in [0.15, 0.2) is 0 Å². The molecule has 6 nitrogen and oxygen atoms in total. The number of aromatic nitrogens is 2. The van der Waals surface area contributed by atoms with E-state index in [-0.39, 0.29) is 0 Å². The van der Waals surface area contributed by atoms with Crippen molar-refractivity contribution in [3.63, 3.8) is 0 Å². The maximum Gasteiger partial charge on any atom is 0.225 e. The molecule has 0 radical (unpaired) electrons. The smallest absolute Gasteiger partial charge is 0.225 e. The van der Waals surface area contributed by atoms with Crippen LogP contribution in [0.1, 0.15) is 30.5 Å². The Morgan fingerprint density at radius 1 is 1.12 bits per heavy atom. The predicted molar refractivity (Wildman–Crippen MR) is 95.8 cm³/mol. The van der Waals surface area contributed by atoms with Crippen LogP contribution in [-0.2, 0) is 17.6 Å². The molecule has 0 bridgehead atoms. The van der Waals surface area contributed by atoms with E-state index in [0.717, 1.165) is 51.6 Å². The number of rotatable bonds is 5. The molecule has 4 rings (SSSR count). The second-order valence-electron chi connectivity index (χ2n) is 7.57. The molecule has 6 heteroatoms. The summed E-state index contributed by atoms with van der Waals surface area (Å²) in [5.74, 6) is 2.64. The standard InChI is InChI=1S/C18H29N5O/c1-22-8-6-15-16(7-9-22)20-18(19-14-3-4-14)21-17(15)23-10-5-13(11-23)12-24-2/h13-14H,3-12H2,1-2H3,(H,19,20,21)/t13-/m1/s1. The van der Waals surface area contributed by atoms with Gasteiger partial charge in [-0.3, -0.25) is 0 Å². The number of hydrogen-bond acceptors (Lipinski definition) is 6. The minimum absolute atomic E-state index is 0.587. The molecule has 2 aliphatic heterocycles. The highest BCUT2D eigenvalue weighted by molar-refractivity contribution is 5.54. The van der Waals surface area contributed by atoms with Crippen LogP contribution in [0.2, 0.25) is 0 Å². The van der Waals surface area contributed by atoms with Crippen molar-refractivity contribution in [1.82, 2.24) is 14.9 Å². The van der Waals surface area contributed by atoms with Crippen LogP contribution in [0.3, 0.4) is 0 Å². The van der Waals surface area contributed by atoms with Crippen molar-refractivity contribution < 1.29 is 4.74 Å². The second kappa shape index (κ2) is 6.84. The van der Waals surface area contributed by atoms with Crippen LogP contribution in [0.25, 0.3) is 0 Å². The topological polar surface area (TPSA) is 53.5 Å². The number of nitrogens with one attached hydrogen (secondary N) is 1. The van der Waals surface area contributed by atoms with Gasteiger partial charge < -0.3 is 19.9 Å². The Morgan fingerprint density at radius 2 is 1.96 bits per heavy atom. The van der Waals surface area contributed by atoms with E-state index in [9.17, 15) is 0 Å². The number of anilines is 2. The van der Waals surface area contributed by atoms with Gasteiger partial charge in [0.05, 0.1) is 12.3 Å². The van der Waals surface area contributed by atoms with Crippen molar-refractivity contribution in [2.75, 3.05) is 57.2 Å². The average Bonchev–Trinajstić information content (AvgIpc) is 3.30. The zero-order chi connectivity index (χ0) is 16.5. The van der Waals surface area contributed by atoms with Crippen LogP contribution < -0.4 is 10.2 Å². The Hall–Kier alpha value is -1.40. The van der Waals surface area contributed by atoms with Crippen molar-refractivity contribution in [2.45, 2.75) is 38.1 Å². The lowest BCUT2D eigenvalue weighted by Gasteiger charge is -2.23. The summed E-state index contributed by atoms with van der Waals surface area (Å²) in [5, 5.41) is 3.51. The fraction of sp³-hybridized carbons (Fsp3) is 0.778. The van der Waals surface area contributed by atoms with Crippen LogP contribution in [0, 0.1) is 5.92 Å². The summed E-state index contributed by atoms with van der Waals surface area (Å²) in [5.41, 5.74) is 2.63. The Balaban J connectivity index is 1.63. The summed E-state index contributed by atoms with van der Waals surface area (Å²) in [4.78, 5) is 14.7. The fourth-order valence-corrected chi connectivity index (χ4v) is 3.82. The van der Waals surface area contributed by atoms with Gasteiger partial charge in [0, 0.05) is 57.2 Å². The average molecular weight is 331 g/mol. The van der Waals surface area contributed by atoms with Gasteiger partial charge in [-0.05, 0) is 32.7 Å². The van der Waals surface area contributed by atoms with Gasteiger partial charge in [-0.25, -0.2) is 4.98 Å². The number of methoxy groups -OCH3 is 1. The molecule has 1 aliphatic carbocycles. The maximum absolute atomic E-state index is 5.36. The Morgan fingerprint density at radius 3 is 2.75 bits per heavy atom. The first-order valence-corrected chi connectivity index (χ1v) is 9.31. The molecule has 132 valence electrons. The van der Waals surface area contributed by atoms with Crippen LogP contribution in [0.4, 0.5) is 11.8 Å². The van der Waals surface area contributed by atoms with Gasteiger partial charge in [0.15, 0.2) is 0 Å². The summed E-state index contributed by atoms with van der Waals surface area (Å²) in [6, 6.07) is 0.587. The summed E-state index contributed by atoms with van der Waals surface area (Å²) >= 11 is 0. The summed E-state index contributed by atoms with van der Waals surface area (Å²) in [7, 11) is 4.00. The van der Waals surface area contributed by atoms with Gasteiger partial charge in [0.25, 0.3) is 0 Å². The third kappa shape index (κ3) is 3.49. The number of hydrogen-bond donors (Lipinski definition) is 1. The predicted octanol–water partition coefficient (Wildman–Crippen LogP) is 1.55. The van der Waals surface area contributed by atoms with Crippen LogP contribution in [-0.4, -0.2) is 67.9 Å². The van der Waals surface area contributed by atoms with Gasteiger partial charge >= 0.3 is 0 Å². The molecule has 0 unspecified atom stereocenters. The normalized spacial score (nSPS) is 24.8. The van der Waals surface area contributed by atoms with E-state index in [1.807, 2.05) is 0 Å². The van der Waals surface area contributed by atoms with Crippen molar-refractivity contribution in [2.24, 2.45) is 5.92 Å². The molecule has 3 heterocycles. The molecule has 24 heavy (non-hydrogen) atoms. The monoisotopic (exact) mass is 331 g/mol. The molecule has 1 saturated carbocycles. The third-order valence-corrected chi connectivity index (χ3v) is 5.44. The summed E-state index contributed by atoms with van der Waals surface area (Å²) < 4.78 is 5.36. The van der Waals surface area contributed by atoms with Crippen molar-refractivity contribution in [1.29, 1.82) is 0 Å². The summed E-state index contributed by atoms with van der Waals surface area (Å²) in [6.07, 6.45) is 5.76. The van der Waals surface area contributed by atoms with Crippen molar-refractivity contribution in [3.8, 4) is 0 Å². The minimum atomic E-state index is 0.587. The third-order valence-electron chi connectivity index (χ3n) is 5.44. The molecule has 2 fully saturated rings. The Bertz CT molecular complexity index is 589. The first-order valence-electron chi connectivity index (χ1n) is 9.31. The zero-order valence-electron chi connectivity index (χ0n) is 14.9. The lowest BCUT2D eigenvalue weighted by Crippen LogP contribution is -2.25. The van der Waals surface area contributed by atoms with Gasteiger partial charge in [-0.2, -0.15) is 4.98 Å². The first-order chi connectivity index (χ1) is 11.7. The molecule has 0 amide bonds. The zero-order valence-corrected chi connectivity index (χ0v) is 14.9. The molecular weight excluding hydrogens is 302 g/mol. The van der Waals surface area contributed by atoms with E-state index in [0.29, 0.717) is 12.0 Å². The lowest BCUT2D eigenvalue weighted by atomic mass is 10.1. The molecule has 1 aromatic heterocycles. The Kier molecular flexibility index (Phi) is 4.59. The molecule has 0 spiro atoms. The fourth-order valence-electron chi connectivity index (χ4n) is 3.82. The van der Waals surface area contributed by atoms with Crippen molar-refractivity contribution >= 4 is 11.8 Å². The SMILES string of the molecule is COC[C@@H]1CCN(c2nc(NC3CC3)nc3c2CCN(C)CC3)C1. The highest BCUT2D eigenvalue weighted by Gasteiger charge is 2.29. The lowest BCUT2D eigenvalue weighted by molar-refractivity contribution is 0.161. The highest BCUT2D eigenvalue weighted by atomic mass is 16.5. The highest BCUT2D eigenvalue weighted by Crippen LogP contribution is 2.31. The number of likely N-dealkylation sites (N-methyl/N-ethyl adjacent to an activating group) is 1. The van der Waals surface area contributed by atoms with E-state index >= 15 is 0 Å². The van der Waals surface area contributed by atoms with E-state index in [2.05, 4.69) is 22.2 Å². The number of fused-ring (bicyclic) bond motifs is 1. The van der Waals surface area contributed by atoms with E-state index < -0.39 is 0 Å². The quantitative estimate of drug-likeness (QED) is 0.884. The molecule has 1 N–H and O–H groups in total. The molecule has 0 aromatic carbocycles. The van der Waals surface area contributed by atoms with Gasteiger partial charge in [-0.15, -0.1) is 0 Å². The van der Waals surface area contributed by atoms with Gasteiger partial charge in [0.2, 0.25) is 5.95 Å². The van der Waals surface area contributed by atoms with E-state index in [1.54, 1.807) is 7.11 Å². The van der Waals surface area contributed by atoms with Crippen LogP contribution >= 0.6 is 0 Å². The van der Waals surface area contributed by atoms with E-state index in [1.165, 1.54) is 36.3 Å². The van der Waals surface area contributed by atoms with Gasteiger partial charge in [-0.1, -0.05) is 0 Å². The largest absolute Gasteiger partial charge is 0.384 e. The first kappa shape index (κ1) is 16.1. The molecule has 1 saturated heterocycles. The van der Waals surface area contributed by atoms with E-state index in [4.69, 9.17) is 14.7 Å². The second-order valence-corrected chi connectivity index (χ2v) is 7.57. The molecule has 1 aromatic rings. The number of nitrogens with zero attached hydrogens (tertiary/aromatic N) is 4. The van der Waals surface area contributed by atoms with Crippen molar-refractivity contribution in [3.05, 3.63) is 11.3 Å². The molecular formula is C18H29N5O. The Labute approximate surface area is 144 Å². The van der Waals surface area contributed by atoms with Gasteiger partial charge in [0.1, 0.15) is 5.82 Å². The van der Waals surface area contributed by atoms with Crippen LogP contribution in [0.5, 0.6) is 0 Å². The minimum Gasteiger partial charge on any atom is -0.384 e. The molecule has 3 aliphatic rings.